The smallest absolute Gasteiger partial charge is 0.151 e. The van der Waals surface area contributed by atoms with Gasteiger partial charge in [0.25, 0.3) is 0 Å². The number of hydrogen-bond acceptors (Lipinski definition) is 4. The Hall–Kier alpha value is -0.130. The second-order valence-electron chi connectivity index (χ2n) is 5.94. The van der Waals surface area contributed by atoms with E-state index >= 15 is 0 Å². The summed E-state index contributed by atoms with van der Waals surface area (Å²) in [5.41, 5.74) is 6.03. The van der Waals surface area contributed by atoms with Gasteiger partial charge < -0.3 is 5.73 Å². The zero-order valence-corrected chi connectivity index (χ0v) is 13.5. The Morgan fingerprint density at radius 2 is 1.84 bits per heavy atom. The van der Waals surface area contributed by atoms with Crippen molar-refractivity contribution in [3.63, 3.8) is 0 Å². The van der Waals surface area contributed by atoms with E-state index in [-0.39, 0.29) is 17.0 Å². The van der Waals surface area contributed by atoms with Gasteiger partial charge in [0.1, 0.15) is 0 Å². The molecule has 0 bridgehead atoms. The van der Waals surface area contributed by atoms with Crippen LogP contribution >= 0.6 is 0 Å². The molecule has 0 radical (unpaired) electrons. The third-order valence-corrected chi connectivity index (χ3v) is 6.66. The number of nitrogens with two attached hydrogens (primary N) is 1. The second-order valence-corrected chi connectivity index (χ2v) is 8.41. The highest BCUT2D eigenvalue weighted by molar-refractivity contribution is 7.91. The molecule has 1 saturated carbocycles. The monoisotopic (exact) mass is 290 g/mol. The molecule has 0 unspecified atom stereocenters. The first-order chi connectivity index (χ1) is 8.89. The highest BCUT2D eigenvalue weighted by Crippen LogP contribution is 2.36. The predicted octanol–water partition coefficient (Wildman–Crippen LogP) is 1.65. The van der Waals surface area contributed by atoms with Crippen molar-refractivity contribution in [2.24, 2.45) is 11.7 Å². The Balaban J connectivity index is 2.59. The van der Waals surface area contributed by atoms with Crippen LogP contribution in [0.2, 0.25) is 0 Å². The van der Waals surface area contributed by atoms with Crippen LogP contribution in [-0.2, 0) is 9.84 Å². The van der Waals surface area contributed by atoms with Crippen LogP contribution in [0.4, 0.5) is 0 Å². The number of rotatable bonds is 7. The van der Waals surface area contributed by atoms with Crippen molar-refractivity contribution in [2.75, 3.05) is 31.6 Å². The minimum atomic E-state index is -2.89. The lowest BCUT2D eigenvalue weighted by Crippen LogP contribution is -2.55. The van der Waals surface area contributed by atoms with Gasteiger partial charge in [-0.25, -0.2) is 8.42 Å². The van der Waals surface area contributed by atoms with Gasteiger partial charge in [0.15, 0.2) is 9.84 Å². The van der Waals surface area contributed by atoms with Gasteiger partial charge in [-0.15, -0.1) is 0 Å². The highest BCUT2D eigenvalue weighted by Gasteiger charge is 2.37. The minimum Gasteiger partial charge on any atom is -0.329 e. The average Bonchev–Trinajstić information content (AvgIpc) is 2.44. The molecule has 5 heteroatoms. The van der Waals surface area contributed by atoms with Crippen molar-refractivity contribution in [3.05, 3.63) is 0 Å². The molecule has 0 saturated heterocycles. The average molecular weight is 290 g/mol. The molecular weight excluding hydrogens is 260 g/mol. The molecule has 1 rings (SSSR count). The molecule has 19 heavy (non-hydrogen) atoms. The maximum Gasteiger partial charge on any atom is 0.151 e. The summed E-state index contributed by atoms with van der Waals surface area (Å²) < 4.78 is 23.2. The van der Waals surface area contributed by atoms with Crippen LogP contribution in [0.25, 0.3) is 0 Å². The summed E-state index contributed by atoms with van der Waals surface area (Å²) in [6.07, 6.45) is 5.89. The Labute approximate surface area is 118 Å². The third-order valence-electron chi connectivity index (χ3n) is 4.98. The zero-order valence-electron chi connectivity index (χ0n) is 12.7. The van der Waals surface area contributed by atoms with Gasteiger partial charge in [0.2, 0.25) is 0 Å². The van der Waals surface area contributed by atoms with Crippen LogP contribution in [0, 0.1) is 5.92 Å². The Morgan fingerprint density at radius 3 is 2.26 bits per heavy atom. The van der Waals surface area contributed by atoms with Crippen molar-refractivity contribution < 1.29 is 8.42 Å². The summed E-state index contributed by atoms with van der Waals surface area (Å²) in [4.78, 5) is 2.20. The number of nitrogens with zero attached hydrogens (tertiary/aromatic N) is 1. The summed E-state index contributed by atoms with van der Waals surface area (Å²) >= 11 is 0. The second kappa shape index (κ2) is 7.04. The van der Waals surface area contributed by atoms with Crippen molar-refractivity contribution in [1.29, 1.82) is 0 Å². The predicted molar refractivity (Wildman–Crippen MR) is 81.0 cm³/mol. The van der Waals surface area contributed by atoms with E-state index < -0.39 is 9.84 Å². The number of likely N-dealkylation sites (N-methyl/N-ethyl adjacent to an activating group) is 1. The summed E-state index contributed by atoms with van der Waals surface area (Å²) in [6, 6.07) is 0. The van der Waals surface area contributed by atoms with Gasteiger partial charge in [-0.05, 0) is 38.6 Å². The quantitative estimate of drug-likeness (QED) is 0.774. The molecule has 4 nitrogen and oxygen atoms in total. The normalized spacial score (nSPS) is 28.8. The van der Waals surface area contributed by atoms with Crippen molar-refractivity contribution >= 4 is 9.84 Å². The molecule has 0 aromatic heterocycles. The fraction of sp³-hybridized carbons (Fsp3) is 1.00. The first kappa shape index (κ1) is 16.9. The fourth-order valence-corrected chi connectivity index (χ4v) is 3.86. The van der Waals surface area contributed by atoms with E-state index in [0.717, 1.165) is 18.8 Å². The van der Waals surface area contributed by atoms with Crippen LogP contribution in [-0.4, -0.2) is 50.5 Å². The molecular formula is C14H30N2O2S. The van der Waals surface area contributed by atoms with E-state index in [2.05, 4.69) is 11.8 Å². The standard InChI is InChI=1S/C14H30N2O2S/c1-4-13-6-8-14(12-15,9-7-13)16(3)10-11-19(17,18)5-2/h13H,4-12,15H2,1-3H3. The molecule has 0 amide bonds. The summed E-state index contributed by atoms with van der Waals surface area (Å²) in [7, 11) is -0.854. The van der Waals surface area contributed by atoms with Gasteiger partial charge in [0.05, 0.1) is 5.75 Å². The van der Waals surface area contributed by atoms with E-state index in [1.54, 1.807) is 6.92 Å². The Bertz CT molecular complexity index is 360. The molecule has 0 aromatic carbocycles. The molecule has 1 aliphatic carbocycles. The fourth-order valence-electron chi connectivity index (χ4n) is 3.02. The van der Waals surface area contributed by atoms with Crippen LogP contribution < -0.4 is 5.73 Å². The van der Waals surface area contributed by atoms with Crippen LogP contribution in [0.3, 0.4) is 0 Å². The molecule has 0 heterocycles. The maximum atomic E-state index is 11.6. The van der Waals surface area contributed by atoms with Gasteiger partial charge in [-0.3, -0.25) is 4.90 Å². The lowest BCUT2D eigenvalue weighted by Gasteiger charge is -2.46. The molecule has 0 aromatic rings. The molecule has 1 fully saturated rings. The van der Waals surface area contributed by atoms with E-state index in [1.165, 1.54) is 19.3 Å². The Morgan fingerprint density at radius 1 is 1.26 bits per heavy atom. The molecule has 2 N–H and O–H groups in total. The van der Waals surface area contributed by atoms with Gasteiger partial charge in [-0.1, -0.05) is 20.3 Å². The van der Waals surface area contributed by atoms with Crippen LogP contribution in [0.5, 0.6) is 0 Å². The van der Waals surface area contributed by atoms with Crippen molar-refractivity contribution in [3.8, 4) is 0 Å². The Kier molecular flexibility index (Phi) is 6.27. The van der Waals surface area contributed by atoms with Crippen molar-refractivity contribution in [1.82, 2.24) is 4.90 Å². The first-order valence-electron chi connectivity index (χ1n) is 7.51. The number of sulfone groups is 1. The first-order valence-corrected chi connectivity index (χ1v) is 9.33. The van der Waals surface area contributed by atoms with E-state index in [9.17, 15) is 8.42 Å². The largest absolute Gasteiger partial charge is 0.329 e. The van der Waals surface area contributed by atoms with Gasteiger partial charge in [0, 0.05) is 24.4 Å². The van der Waals surface area contributed by atoms with E-state index in [0.29, 0.717) is 13.1 Å². The van der Waals surface area contributed by atoms with Gasteiger partial charge >= 0.3 is 0 Å². The van der Waals surface area contributed by atoms with E-state index in [4.69, 9.17) is 5.73 Å². The van der Waals surface area contributed by atoms with Crippen LogP contribution in [0.15, 0.2) is 0 Å². The zero-order chi connectivity index (χ0) is 14.5. The summed E-state index contributed by atoms with van der Waals surface area (Å²) in [5, 5.41) is 0. The molecule has 0 spiro atoms. The van der Waals surface area contributed by atoms with Gasteiger partial charge in [-0.2, -0.15) is 0 Å². The third kappa shape index (κ3) is 4.43. The summed E-state index contributed by atoms with van der Waals surface area (Å²) in [5.74, 6) is 1.31. The molecule has 0 aliphatic heterocycles. The number of hydrogen-bond donors (Lipinski definition) is 1. The topological polar surface area (TPSA) is 63.4 Å². The molecule has 0 atom stereocenters. The lowest BCUT2D eigenvalue weighted by atomic mass is 9.75. The summed E-state index contributed by atoms with van der Waals surface area (Å²) in [6.45, 7) is 5.19. The molecule has 114 valence electrons. The maximum absolute atomic E-state index is 11.6. The molecule has 1 aliphatic rings. The van der Waals surface area contributed by atoms with E-state index in [1.807, 2.05) is 7.05 Å². The highest BCUT2D eigenvalue weighted by atomic mass is 32.2. The SMILES string of the molecule is CCC1CCC(CN)(N(C)CCS(=O)(=O)CC)CC1. The minimum absolute atomic E-state index is 0.0227. The van der Waals surface area contributed by atoms with Crippen LogP contribution in [0.1, 0.15) is 46.0 Å². The van der Waals surface area contributed by atoms with Crippen molar-refractivity contribution in [2.45, 2.75) is 51.5 Å². The lowest BCUT2D eigenvalue weighted by molar-refractivity contribution is 0.0692.